The molecule has 1 saturated heterocycles. The Hall–Kier alpha value is -2.17. The van der Waals surface area contributed by atoms with Crippen molar-refractivity contribution in [1.29, 1.82) is 5.26 Å². The first kappa shape index (κ1) is 17.6. The van der Waals surface area contributed by atoms with E-state index in [2.05, 4.69) is 11.4 Å². The van der Waals surface area contributed by atoms with E-state index < -0.39 is 0 Å². The maximum Gasteiger partial charge on any atom is 0.263 e. The van der Waals surface area contributed by atoms with Crippen molar-refractivity contribution in [3.63, 3.8) is 0 Å². The molecule has 2 aromatic heterocycles. The Kier molecular flexibility index (Phi) is 5.21. The minimum Gasteiger partial charge on any atom is -0.338 e. The molecule has 1 aliphatic heterocycles. The van der Waals surface area contributed by atoms with Gasteiger partial charge in [0, 0.05) is 23.9 Å². The van der Waals surface area contributed by atoms with Crippen molar-refractivity contribution in [1.82, 2.24) is 4.90 Å². The Bertz CT molecular complexity index is 825. The van der Waals surface area contributed by atoms with Crippen LogP contribution in [-0.2, 0) is 4.79 Å². The highest BCUT2D eigenvalue weighted by Crippen LogP contribution is 2.32. The number of rotatable bonds is 3. The van der Waals surface area contributed by atoms with Crippen LogP contribution in [0.15, 0.2) is 17.5 Å². The van der Waals surface area contributed by atoms with Crippen molar-refractivity contribution in [3.05, 3.63) is 38.4 Å². The number of thiophene rings is 2. The minimum absolute atomic E-state index is 0.0464. The van der Waals surface area contributed by atoms with Crippen LogP contribution in [0.3, 0.4) is 0 Å². The second-order valence-corrected chi connectivity index (χ2v) is 8.30. The zero-order valence-electron chi connectivity index (χ0n) is 14.2. The maximum absolute atomic E-state index is 12.5. The highest BCUT2D eigenvalue weighted by atomic mass is 32.1. The van der Waals surface area contributed by atoms with Gasteiger partial charge >= 0.3 is 0 Å². The van der Waals surface area contributed by atoms with Gasteiger partial charge in [-0.3, -0.25) is 9.59 Å². The Morgan fingerprint density at radius 1 is 1.32 bits per heavy atom. The van der Waals surface area contributed by atoms with E-state index in [9.17, 15) is 14.9 Å². The van der Waals surface area contributed by atoms with Gasteiger partial charge in [0.25, 0.3) is 5.91 Å². The molecule has 7 heteroatoms. The molecule has 0 aliphatic carbocycles. The van der Waals surface area contributed by atoms with Gasteiger partial charge in [0.05, 0.1) is 10.4 Å². The molecule has 3 heterocycles. The van der Waals surface area contributed by atoms with E-state index in [-0.39, 0.29) is 17.7 Å². The van der Waals surface area contributed by atoms with Crippen LogP contribution in [-0.4, -0.2) is 29.8 Å². The predicted molar refractivity (Wildman–Crippen MR) is 100 cm³/mol. The SMILES string of the molecule is Cc1sc(NC(=O)C2CCN(C(=O)c3cccs3)CC2)c(C#N)c1C. The van der Waals surface area contributed by atoms with Gasteiger partial charge in [0.15, 0.2) is 0 Å². The third kappa shape index (κ3) is 3.60. The van der Waals surface area contributed by atoms with E-state index in [0.717, 1.165) is 15.3 Å². The molecule has 130 valence electrons. The van der Waals surface area contributed by atoms with Gasteiger partial charge in [-0.1, -0.05) is 6.07 Å². The number of likely N-dealkylation sites (tertiary alicyclic amines) is 1. The number of amides is 2. The number of carbonyl (C=O) groups is 2. The van der Waals surface area contributed by atoms with E-state index in [1.165, 1.54) is 22.7 Å². The normalized spacial score (nSPS) is 15.0. The number of aryl methyl sites for hydroxylation is 1. The molecule has 0 atom stereocenters. The number of hydrogen-bond acceptors (Lipinski definition) is 5. The molecule has 2 aromatic rings. The monoisotopic (exact) mass is 373 g/mol. The standard InChI is InChI=1S/C18H19N3O2S2/c1-11-12(2)25-17(14(11)10-19)20-16(22)13-5-7-21(8-6-13)18(23)15-4-3-9-24-15/h3-4,9,13H,5-8H2,1-2H3,(H,20,22). The van der Waals surface area contributed by atoms with Gasteiger partial charge in [-0.25, -0.2) is 0 Å². The van der Waals surface area contributed by atoms with E-state index in [0.29, 0.717) is 36.5 Å². The van der Waals surface area contributed by atoms with Crippen molar-refractivity contribution in [2.75, 3.05) is 18.4 Å². The van der Waals surface area contributed by atoms with Crippen LogP contribution in [0.2, 0.25) is 0 Å². The van der Waals surface area contributed by atoms with E-state index in [1.54, 1.807) is 0 Å². The van der Waals surface area contributed by atoms with Gasteiger partial charge in [-0.2, -0.15) is 5.26 Å². The molecule has 1 fully saturated rings. The lowest BCUT2D eigenvalue weighted by Gasteiger charge is -2.31. The number of hydrogen-bond donors (Lipinski definition) is 1. The molecule has 0 aromatic carbocycles. The fourth-order valence-electron chi connectivity index (χ4n) is 2.96. The fourth-order valence-corrected chi connectivity index (χ4v) is 4.67. The molecule has 0 spiro atoms. The van der Waals surface area contributed by atoms with Crippen molar-refractivity contribution >= 4 is 39.5 Å². The summed E-state index contributed by atoms with van der Waals surface area (Å²) in [4.78, 5) is 28.5. The average Bonchev–Trinajstić information content (AvgIpc) is 3.24. The van der Waals surface area contributed by atoms with Gasteiger partial charge in [0.2, 0.25) is 5.91 Å². The van der Waals surface area contributed by atoms with Crippen LogP contribution in [0.4, 0.5) is 5.00 Å². The van der Waals surface area contributed by atoms with Crippen LogP contribution >= 0.6 is 22.7 Å². The molecule has 1 aliphatic rings. The molecular weight excluding hydrogens is 354 g/mol. The summed E-state index contributed by atoms with van der Waals surface area (Å²) in [6, 6.07) is 5.88. The summed E-state index contributed by atoms with van der Waals surface area (Å²) in [6.07, 6.45) is 1.29. The van der Waals surface area contributed by atoms with Crippen LogP contribution in [0.1, 0.15) is 38.5 Å². The summed E-state index contributed by atoms with van der Waals surface area (Å²) >= 11 is 2.89. The van der Waals surface area contributed by atoms with Crippen LogP contribution in [0.5, 0.6) is 0 Å². The van der Waals surface area contributed by atoms with Gasteiger partial charge in [0.1, 0.15) is 11.1 Å². The summed E-state index contributed by atoms with van der Waals surface area (Å²) in [5.41, 5.74) is 1.49. The van der Waals surface area contributed by atoms with E-state index >= 15 is 0 Å². The second-order valence-electron chi connectivity index (χ2n) is 6.13. The van der Waals surface area contributed by atoms with Crippen molar-refractivity contribution in [2.24, 2.45) is 5.92 Å². The number of nitrogens with one attached hydrogen (secondary N) is 1. The number of anilines is 1. The zero-order valence-corrected chi connectivity index (χ0v) is 15.8. The molecule has 0 bridgehead atoms. The first-order chi connectivity index (χ1) is 12.0. The van der Waals surface area contributed by atoms with Crippen LogP contribution in [0, 0.1) is 31.1 Å². The smallest absolute Gasteiger partial charge is 0.263 e. The molecule has 2 amide bonds. The zero-order chi connectivity index (χ0) is 18.0. The van der Waals surface area contributed by atoms with Crippen LogP contribution in [0.25, 0.3) is 0 Å². The Balaban J connectivity index is 1.60. The van der Waals surface area contributed by atoms with Crippen molar-refractivity contribution < 1.29 is 9.59 Å². The highest BCUT2D eigenvalue weighted by Gasteiger charge is 2.29. The quantitative estimate of drug-likeness (QED) is 0.889. The van der Waals surface area contributed by atoms with E-state index in [4.69, 9.17) is 0 Å². The molecule has 1 N–H and O–H groups in total. The average molecular weight is 374 g/mol. The summed E-state index contributed by atoms with van der Waals surface area (Å²) in [7, 11) is 0. The number of nitrogens with zero attached hydrogens (tertiary/aromatic N) is 2. The van der Waals surface area contributed by atoms with Gasteiger partial charge in [-0.15, -0.1) is 22.7 Å². The first-order valence-corrected chi connectivity index (χ1v) is 9.84. The summed E-state index contributed by atoms with van der Waals surface area (Å²) in [5.74, 6) is -0.132. The Morgan fingerprint density at radius 2 is 2.04 bits per heavy atom. The first-order valence-electron chi connectivity index (χ1n) is 8.15. The number of carbonyl (C=O) groups excluding carboxylic acids is 2. The molecular formula is C18H19N3O2S2. The second kappa shape index (κ2) is 7.38. The Morgan fingerprint density at radius 3 is 2.64 bits per heavy atom. The molecule has 5 nitrogen and oxygen atoms in total. The molecule has 0 radical (unpaired) electrons. The van der Waals surface area contributed by atoms with E-state index in [1.807, 2.05) is 36.3 Å². The third-order valence-corrected chi connectivity index (χ3v) is 6.60. The molecule has 0 unspecified atom stereocenters. The lowest BCUT2D eigenvalue weighted by molar-refractivity contribution is -0.121. The van der Waals surface area contributed by atoms with Gasteiger partial charge in [-0.05, 0) is 43.7 Å². The molecule has 3 rings (SSSR count). The fraction of sp³-hybridized carbons (Fsp3) is 0.389. The lowest BCUT2D eigenvalue weighted by atomic mass is 9.95. The maximum atomic E-state index is 12.5. The Labute approximate surface area is 154 Å². The van der Waals surface area contributed by atoms with Crippen LogP contribution < -0.4 is 5.32 Å². The van der Waals surface area contributed by atoms with Gasteiger partial charge < -0.3 is 10.2 Å². The summed E-state index contributed by atoms with van der Waals surface area (Å²) in [6.45, 7) is 5.02. The number of piperidine rings is 1. The lowest BCUT2D eigenvalue weighted by Crippen LogP contribution is -2.41. The highest BCUT2D eigenvalue weighted by molar-refractivity contribution is 7.16. The number of nitriles is 1. The topological polar surface area (TPSA) is 73.2 Å². The third-order valence-electron chi connectivity index (χ3n) is 4.62. The predicted octanol–water partition coefficient (Wildman–Crippen LogP) is 3.79. The van der Waals surface area contributed by atoms with Crippen molar-refractivity contribution in [3.8, 4) is 6.07 Å². The summed E-state index contributed by atoms with van der Waals surface area (Å²) < 4.78 is 0. The minimum atomic E-state index is -0.123. The summed E-state index contributed by atoms with van der Waals surface area (Å²) in [5, 5.41) is 14.7. The molecule has 25 heavy (non-hydrogen) atoms. The largest absolute Gasteiger partial charge is 0.338 e. The van der Waals surface area contributed by atoms with Crippen molar-refractivity contribution in [2.45, 2.75) is 26.7 Å². The molecule has 0 saturated carbocycles.